The van der Waals surface area contributed by atoms with Crippen LogP contribution in [0.4, 0.5) is 0 Å². The molecule has 1 aliphatic rings. The van der Waals surface area contributed by atoms with Crippen molar-refractivity contribution in [2.75, 3.05) is 0 Å². The van der Waals surface area contributed by atoms with E-state index in [4.69, 9.17) is 5.73 Å². The van der Waals surface area contributed by atoms with Gasteiger partial charge in [-0.2, -0.15) is 0 Å². The van der Waals surface area contributed by atoms with Gasteiger partial charge in [-0.05, 0) is 43.7 Å². The lowest BCUT2D eigenvalue weighted by Crippen LogP contribution is -2.60. The molecule has 0 saturated carbocycles. The summed E-state index contributed by atoms with van der Waals surface area (Å²) < 4.78 is 0. The predicted molar refractivity (Wildman–Crippen MR) is 73.3 cm³/mol. The molecule has 0 aliphatic heterocycles. The van der Waals surface area contributed by atoms with Crippen molar-refractivity contribution < 1.29 is 4.79 Å². The van der Waals surface area contributed by atoms with Crippen molar-refractivity contribution in [2.45, 2.75) is 51.1 Å². The Morgan fingerprint density at radius 1 is 1.44 bits per heavy atom. The van der Waals surface area contributed by atoms with Crippen LogP contribution < -0.4 is 11.1 Å². The van der Waals surface area contributed by atoms with E-state index in [1.54, 1.807) is 0 Å². The number of nitrogens with two attached hydrogens (primary N) is 1. The van der Waals surface area contributed by atoms with E-state index < -0.39 is 5.54 Å². The van der Waals surface area contributed by atoms with Gasteiger partial charge < -0.3 is 11.1 Å². The Kier molecular flexibility index (Phi) is 3.71. The van der Waals surface area contributed by atoms with Crippen molar-refractivity contribution in [3.8, 4) is 0 Å². The molecule has 3 N–H and O–H groups in total. The van der Waals surface area contributed by atoms with Crippen molar-refractivity contribution in [1.29, 1.82) is 0 Å². The fourth-order valence-electron chi connectivity index (χ4n) is 2.71. The first kappa shape index (κ1) is 13.1. The van der Waals surface area contributed by atoms with Crippen molar-refractivity contribution in [1.82, 2.24) is 5.32 Å². The van der Waals surface area contributed by atoms with Gasteiger partial charge in [0.05, 0.1) is 0 Å². The number of carbonyl (C=O) groups is 1. The molecule has 1 aromatic carbocycles. The Morgan fingerprint density at radius 2 is 2.11 bits per heavy atom. The Labute approximate surface area is 109 Å². The van der Waals surface area contributed by atoms with Crippen LogP contribution in [0.15, 0.2) is 24.3 Å². The van der Waals surface area contributed by atoms with Gasteiger partial charge in [-0.1, -0.05) is 31.2 Å². The normalized spacial score (nSPS) is 24.3. The molecular weight excluding hydrogens is 224 g/mol. The highest BCUT2D eigenvalue weighted by molar-refractivity contribution is 5.85. The number of nitrogens with one attached hydrogen (secondary N) is 1. The second-order valence-corrected chi connectivity index (χ2v) is 5.35. The van der Waals surface area contributed by atoms with E-state index in [9.17, 15) is 4.79 Å². The van der Waals surface area contributed by atoms with Crippen molar-refractivity contribution in [2.24, 2.45) is 5.73 Å². The topological polar surface area (TPSA) is 55.1 Å². The van der Waals surface area contributed by atoms with Crippen LogP contribution in [-0.4, -0.2) is 17.5 Å². The second kappa shape index (κ2) is 5.11. The van der Waals surface area contributed by atoms with Crippen LogP contribution in [0, 0.1) is 0 Å². The Balaban J connectivity index is 2.27. The number of hydrogen-bond acceptors (Lipinski definition) is 2. The maximum Gasteiger partial charge on any atom is 0.238 e. The van der Waals surface area contributed by atoms with Crippen LogP contribution in [0.2, 0.25) is 0 Å². The molecule has 1 aliphatic carbocycles. The molecule has 1 amide bonds. The largest absolute Gasteiger partial charge is 0.368 e. The van der Waals surface area contributed by atoms with Gasteiger partial charge in [0, 0.05) is 6.04 Å². The lowest BCUT2D eigenvalue weighted by Gasteiger charge is -2.38. The number of aryl methyl sites for hydroxylation is 1. The van der Waals surface area contributed by atoms with E-state index in [0.717, 1.165) is 19.3 Å². The molecule has 0 radical (unpaired) electrons. The fraction of sp³-hybridized carbons (Fsp3) is 0.533. The molecule has 0 fully saturated rings. The number of primary amides is 1. The molecule has 2 unspecified atom stereocenters. The molecule has 18 heavy (non-hydrogen) atoms. The molecule has 0 bridgehead atoms. The van der Waals surface area contributed by atoms with Gasteiger partial charge in [-0.15, -0.1) is 0 Å². The van der Waals surface area contributed by atoms with Crippen LogP contribution in [0.25, 0.3) is 0 Å². The number of rotatable bonds is 4. The van der Waals surface area contributed by atoms with Gasteiger partial charge in [0.25, 0.3) is 0 Å². The van der Waals surface area contributed by atoms with E-state index in [1.165, 1.54) is 11.1 Å². The minimum absolute atomic E-state index is 0.225. The maximum atomic E-state index is 11.9. The monoisotopic (exact) mass is 246 g/mol. The van der Waals surface area contributed by atoms with E-state index >= 15 is 0 Å². The van der Waals surface area contributed by atoms with Gasteiger partial charge >= 0.3 is 0 Å². The molecule has 3 nitrogen and oxygen atoms in total. The van der Waals surface area contributed by atoms with Crippen molar-refractivity contribution in [3.63, 3.8) is 0 Å². The molecule has 0 spiro atoms. The van der Waals surface area contributed by atoms with Crippen LogP contribution in [0.3, 0.4) is 0 Å². The zero-order valence-electron chi connectivity index (χ0n) is 11.2. The third kappa shape index (κ3) is 2.41. The number of hydrogen-bond donors (Lipinski definition) is 2. The van der Waals surface area contributed by atoms with Crippen LogP contribution in [0.5, 0.6) is 0 Å². The van der Waals surface area contributed by atoms with Gasteiger partial charge in [0.1, 0.15) is 5.54 Å². The third-order valence-electron chi connectivity index (χ3n) is 4.04. The van der Waals surface area contributed by atoms with Crippen molar-refractivity contribution in [3.05, 3.63) is 35.4 Å². The summed E-state index contributed by atoms with van der Waals surface area (Å²) in [6.45, 7) is 4.22. The first-order chi connectivity index (χ1) is 8.57. The summed E-state index contributed by atoms with van der Waals surface area (Å²) in [4.78, 5) is 11.9. The molecular formula is C15H22N2O. The van der Waals surface area contributed by atoms with Crippen LogP contribution in [0.1, 0.15) is 37.8 Å². The molecule has 0 heterocycles. The van der Waals surface area contributed by atoms with Crippen molar-refractivity contribution >= 4 is 5.91 Å². The molecule has 3 heteroatoms. The summed E-state index contributed by atoms with van der Waals surface area (Å²) in [5.41, 5.74) is 7.69. The molecule has 0 saturated heterocycles. The number of fused-ring (bicyclic) bond motifs is 1. The highest BCUT2D eigenvalue weighted by Gasteiger charge is 2.40. The first-order valence-electron chi connectivity index (χ1n) is 6.72. The summed E-state index contributed by atoms with van der Waals surface area (Å²) in [5, 5.41) is 3.45. The lowest BCUT2D eigenvalue weighted by molar-refractivity contribution is -0.125. The van der Waals surface area contributed by atoms with Gasteiger partial charge in [0.2, 0.25) is 5.91 Å². The minimum Gasteiger partial charge on any atom is -0.368 e. The number of carbonyl (C=O) groups excluding carboxylic acids is 1. The lowest BCUT2D eigenvalue weighted by atomic mass is 9.77. The average Bonchev–Trinajstić information content (AvgIpc) is 2.38. The Bertz CT molecular complexity index is 444. The molecule has 2 atom stereocenters. The van der Waals surface area contributed by atoms with E-state index in [2.05, 4.69) is 37.4 Å². The van der Waals surface area contributed by atoms with Gasteiger partial charge in [-0.25, -0.2) is 0 Å². The third-order valence-corrected chi connectivity index (χ3v) is 4.04. The molecule has 98 valence electrons. The quantitative estimate of drug-likeness (QED) is 0.851. The van der Waals surface area contributed by atoms with Gasteiger partial charge in [0.15, 0.2) is 0 Å². The highest BCUT2D eigenvalue weighted by atomic mass is 16.1. The molecule has 0 aromatic heterocycles. The average molecular weight is 246 g/mol. The second-order valence-electron chi connectivity index (χ2n) is 5.35. The summed E-state index contributed by atoms with van der Waals surface area (Å²) in [5.74, 6) is -0.225. The first-order valence-corrected chi connectivity index (χ1v) is 6.72. The summed E-state index contributed by atoms with van der Waals surface area (Å²) in [7, 11) is 0. The van der Waals surface area contributed by atoms with E-state index in [0.29, 0.717) is 12.5 Å². The maximum absolute atomic E-state index is 11.9. The van der Waals surface area contributed by atoms with Gasteiger partial charge in [-0.3, -0.25) is 4.79 Å². The zero-order valence-corrected chi connectivity index (χ0v) is 11.2. The highest BCUT2D eigenvalue weighted by Crippen LogP contribution is 2.29. The summed E-state index contributed by atoms with van der Waals surface area (Å²) in [6.07, 6.45) is 3.42. The van der Waals surface area contributed by atoms with Crippen LogP contribution in [-0.2, 0) is 17.6 Å². The smallest absolute Gasteiger partial charge is 0.238 e. The minimum atomic E-state index is -0.566. The zero-order chi connectivity index (χ0) is 13.2. The van der Waals surface area contributed by atoms with Crippen LogP contribution >= 0.6 is 0 Å². The summed E-state index contributed by atoms with van der Waals surface area (Å²) >= 11 is 0. The Hall–Kier alpha value is -1.35. The SMILES string of the molecule is CCC(C)NC1(C(N)=O)CCc2ccccc2C1. The van der Waals surface area contributed by atoms with E-state index in [-0.39, 0.29) is 5.91 Å². The predicted octanol–water partition coefficient (Wildman–Crippen LogP) is 1.79. The fourth-order valence-corrected chi connectivity index (χ4v) is 2.71. The molecule has 1 aromatic rings. The number of amides is 1. The number of benzene rings is 1. The molecule has 2 rings (SSSR count). The van der Waals surface area contributed by atoms with E-state index in [1.807, 2.05) is 6.07 Å². The summed E-state index contributed by atoms with van der Waals surface area (Å²) in [6, 6.07) is 8.63. The Morgan fingerprint density at radius 3 is 2.72 bits per heavy atom. The standard InChI is InChI=1S/C15H22N2O/c1-3-11(2)17-15(14(16)18)9-8-12-6-4-5-7-13(12)10-15/h4-7,11,17H,3,8-10H2,1-2H3,(H2,16,18).